The number of carbonyl (C=O) groups is 1. The van der Waals surface area contributed by atoms with E-state index in [9.17, 15) is 4.79 Å². The van der Waals surface area contributed by atoms with Gasteiger partial charge in [0.05, 0.1) is 39.4 Å². The lowest BCUT2D eigenvalue weighted by atomic mass is 9.89. The Balaban J connectivity index is 1.75. The molecule has 0 aliphatic carbocycles. The zero-order valence-corrected chi connectivity index (χ0v) is 15.2. The van der Waals surface area contributed by atoms with Crippen molar-refractivity contribution in [2.45, 2.75) is 39.7 Å². The molecule has 1 fully saturated rings. The maximum Gasteiger partial charge on any atom is 0.309 e. The largest absolute Gasteiger partial charge is 0.465 e. The van der Waals surface area contributed by atoms with Crippen LogP contribution in [0.2, 0.25) is 0 Å². The maximum absolute atomic E-state index is 11.7. The Morgan fingerprint density at radius 3 is 2.71 bits per heavy atom. The van der Waals surface area contributed by atoms with Crippen molar-refractivity contribution in [3.8, 4) is 0 Å². The monoisotopic (exact) mass is 339 g/mol. The van der Waals surface area contributed by atoms with Gasteiger partial charge in [0.25, 0.3) is 0 Å². The summed E-state index contributed by atoms with van der Waals surface area (Å²) in [5.74, 6) is 0.291. The van der Waals surface area contributed by atoms with Crippen molar-refractivity contribution in [2.24, 2.45) is 18.9 Å². The molecule has 1 aliphatic rings. The van der Waals surface area contributed by atoms with Crippen molar-refractivity contribution in [3.05, 3.63) is 18.2 Å². The van der Waals surface area contributed by atoms with Gasteiger partial charge in [-0.3, -0.25) is 4.79 Å². The first-order chi connectivity index (χ1) is 11.7. The van der Waals surface area contributed by atoms with Crippen molar-refractivity contribution in [3.63, 3.8) is 0 Å². The topological polar surface area (TPSA) is 53.6 Å². The van der Waals surface area contributed by atoms with Crippen molar-refractivity contribution < 1.29 is 23.6 Å². The van der Waals surface area contributed by atoms with E-state index in [0.717, 1.165) is 32.4 Å². The van der Waals surface area contributed by atoms with Gasteiger partial charge in [-0.2, -0.15) is 0 Å². The number of aryl methyl sites for hydroxylation is 1. The Morgan fingerprint density at radius 1 is 1.25 bits per heavy atom. The Kier molecular flexibility index (Phi) is 7.72. The molecule has 2 rings (SSSR count). The lowest BCUT2D eigenvalue weighted by Gasteiger charge is -2.10. The average molecular weight is 339 g/mol. The van der Waals surface area contributed by atoms with Crippen LogP contribution in [0.3, 0.4) is 0 Å². The maximum atomic E-state index is 11.7. The van der Waals surface area contributed by atoms with Gasteiger partial charge in [-0.25, -0.2) is 9.13 Å². The second kappa shape index (κ2) is 9.79. The SMILES string of the molecule is CCCOCCOCC[n+]1cc(C[C@H]2COC(=O)[C@H]2CC)n(C)c1. The Bertz CT molecular complexity index is 515. The normalized spacial score (nSPS) is 20.5. The minimum atomic E-state index is -0.0386. The molecule has 2 heterocycles. The van der Waals surface area contributed by atoms with Crippen molar-refractivity contribution in [1.29, 1.82) is 0 Å². The van der Waals surface area contributed by atoms with Gasteiger partial charge >= 0.3 is 5.97 Å². The number of hydrogen-bond acceptors (Lipinski definition) is 4. The summed E-state index contributed by atoms with van der Waals surface area (Å²) in [6.07, 6.45) is 6.98. The molecule has 1 saturated heterocycles. The van der Waals surface area contributed by atoms with Crippen molar-refractivity contribution >= 4 is 5.97 Å². The Morgan fingerprint density at radius 2 is 2.00 bits per heavy atom. The highest BCUT2D eigenvalue weighted by molar-refractivity contribution is 5.74. The van der Waals surface area contributed by atoms with Crippen LogP contribution in [0, 0.1) is 11.8 Å². The van der Waals surface area contributed by atoms with Gasteiger partial charge in [0.1, 0.15) is 18.4 Å². The molecule has 0 bridgehead atoms. The lowest BCUT2D eigenvalue weighted by molar-refractivity contribution is -0.698. The lowest BCUT2D eigenvalue weighted by Crippen LogP contribution is -2.34. The molecule has 0 aromatic carbocycles. The third-order valence-corrected chi connectivity index (χ3v) is 4.53. The molecule has 0 amide bonds. The summed E-state index contributed by atoms with van der Waals surface area (Å²) in [7, 11) is 2.05. The van der Waals surface area contributed by atoms with Crippen LogP contribution < -0.4 is 4.57 Å². The van der Waals surface area contributed by atoms with E-state index in [-0.39, 0.29) is 17.8 Å². The zero-order valence-electron chi connectivity index (χ0n) is 15.2. The van der Waals surface area contributed by atoms with Crippen molar-refractivity contribution in [2.75, 3.05) is 33.0 Å². The van der Waals surface area contributed by atoms with Gasteiger partial charge in [-0.15, -0.1) is 0 Å². The van der Waals surface area contributed by atoms with E-state index in [1.54, 1.807) is 0 Å². The standard InChI is InChI=1S/C18H31N2O4/c1-4-7-22-9-10-23-8-6-20-12-16(19(3)14-20)11-15-13-24-18(21)17(15)5-2/h12,14-15,17H,4-11,13H2,1-3H3/q+1/t15-,17-/m0/s1. The van der Waals surface area contributed by atoms with Crippen LogP contribution in [-0.2, 0) is 39.0 Å². The van der Waals surface area contributed by atoms with Gasteiger partial charge in [0, 0.05) is 18.9 Å². The molecule has 6 nitrogen and oxygen atoms in total. The summed E-state index contributed by atoms with van der Waals surface area (Å²) in [5.41, 5.74) is 1.23. The molecule has 0 N–H and O–H groups in total. The Hall–Kier alpha value is -1.40. The van der Waals surface area contributed by atoms with E-state index >= 15 is 0 Å². The molecule has 1 aliphatic heterocycles. The van der Waals surface area contributed by atoms with E-state index in [1.807, 2.05) is 7.05 Å². The fraction of sp³-hybridized carbons (Fsp3) is 0.778. The number of esters is 1. The number of rotatable bonds is 11. The second-order valence-corrected chi connectivity index (χ2v) is 6.42. The van der Waals surface area contributed by atoms with E-state index in [4.69, 9.17) is 14.2 Å². The van der Waals surface area contributed by atoms with Crippen LogP contribution in [0.15, 0.2) is 12.5 Å². The summed E-state index contributed by atoms with van der Waals surface area (Å²) in [6, 6.07) is 0. The molecule has 0 spiro atoms. The number of ether oxygens (including phenoxy) is 3. The molecular weight excluding hydrogens is 308 g/mol. The van der Waals surface area contributed by atoms with Crippen molar-refractivity contribution in [1.82, 2.24) is 4.57 Å². The van der Waals surface area contributed by atoms with Crippen LogP contribution in [0.1, 0.15) is 32.4 Å². The molecule has 2 atom stereocenters. The van der Waals surface area contributed by atoms with E-state index in [1.165, 1.54) is 5.69 Å². The third-order valence-electron chi connectivity index (χ3n) is 4.53. The second-order valence-electron chi connectivity index (χ2n) is 6.42. The summed E-state index contributed by atoms with van der Waals surface area (Å²) in [6.45, 7) is 8.28. The minimum absolute atomic E-state index is 0.0386. The smallest absolute Gasteiger partial charge is 0.309 e. The highest BCUT2D eigenvalue weighted by atomic mass is 16.5. The van der Waals surface area contributed by atoms with Gasteiger partial charge in [-0.1, -0.05) is 13.8 Å². The summed E-state index contributed by atoms with van der Waals surface area (Å²) in [5, 5.41) is 0. The number of cyclic esters (lactones) is 1. The summed E-state index contributed by atoms with van der Waals surface area (Å²) in [4.78, 5) is 11.7. The van der Waals surface area contributed by atoms with Crippen LogP contribution in [-0.4, -0.2) is 43.6 Å². The van der Waals surface area contributed by atoms with E-state index in [2.05, 4.69) is 35.5 Å². The van der Waals surface area contributed by atoms with Gasteiger partial charge in [-0.05, 0) is 12.8 Å². The molecule has 24 heavy (non-hydrogen) atoms. The molecule has 136 valence electrons. The molecule has 0 unspecified atom stereocenters. The van der Waals surface area contributed by atoms with Gasteiger partial charge < -0.3 is 14.2 Å². The quantitative estimate of drug-likeness (QED) is 0.348. The molecule has 1 aromatic rings. The fourth-order valence-electron chi connectivity index (χ4n) is 3.14. The highest BCUT2D eigenvalue weighted by Gasteiger charge is 2.36. The fourth-order valence-corrected chi connectivity index (χ4v) is 3.14. The summed E-state index contributed by atoms with van der Waals surface area (Å²) >= 11 is 0. The third kappa shape index (κ3) is 5.31. The number of nitrogens with zero attached hydrogens (tertiary/aromatic N) is 2. The summed E-state index contributed by atoms with van der Waals surface area (Å²) < 4.78 is 20.5. The van der Waals surface area contributed by atoms with Crippen LogP contribution in [0.4, 0.5) is 0 Å². The number of imidazole rings is 1. The Labute approximate surface area is 144 Å². The van der Waals surface area contributed by atoms with E-state index < -0.39 is 0 Å². The number of aromatic nitrogens is 2. The predicted molar refractivity (Wildman–Crippen MR) is 89.5 cm³/mol. The van der Waals surface area contributed by atoms with Gasteiger partial charge in [0.2, 0.25) is 6.33 Å². The highest BCUT2D eigenvalue weighted by Crippen LogP contribution is 2.27. The molecule has 0 radical (unpaired) electrons. The van der Waals surface area contributed by atoms with Crippen LogP contribution in [0.25, 0.3) is 0 Å². The van der Waals surface area contributed by atoms with Crippen LogP contribution in [0.5, 0.6) is 0 Å². The zero-order chi connectivity index (χ0) is 17.4. The van der Waals surface area contributed by atoms with Crippen LogP contribution >= 0.6 is 0 Å². The van der Waals surface area contributed by atoms with Gasteiger partial charge in [0.15, 0.2) is 0 Å². The van der Waals surface area contributed by atoms with E-state index in [0.29, 0.717) is 26.4 Å². The molecular formula is C18H31N2O4+. The predicted octanol–water partition coefficient (Wildman–Crippen LogP) is 1.50. The molecule has 0 saturated carbocycles. The molecule has 1 aromatic heterocycles. The molecule has 6 heteroatoms. The first-order valence-corrected chi connectivity index (χ1v) is 9.02. The average Bonchev–Trinajstić information content (AvgIpc) is 3.09. The first-order valence-electron chi connectivity index (χ1n) is 9.02. The minimum Gasteiger partial charge on any atom is -0.465 e. The number of hydrogen-bond donors (Lipinski definition) is 0. The number of carbonyl (C=O) groups excluding carboxylic acids is 1. The first kappa shape index (κ1) is 18.9.